The third-order valence-electron chi connectivity index (χ3n) is 3.99. The largest absolute Gasteiger partial charge is 0.481 e. The number of likely N-dealkylation sites (tertiary alicyclic amines) is 1. The van der Waals surface area contributed by atoms with E-state index < -0.39 is 17.3 Å². The van der Waals surface area contributed by atoms with Crippen molar-refractivity contribution in [2.24, 2.45) is 5.92 Å². The molecule has 1 unspecified atom stereocenters. The lowest BCUT2D eigenvalue weighted by atomic mass is 9.83. The Kier molecular flexibility index (Phi) is 3.70. The number of hydrogen-bond acceptors (Lipinski definition) is 3. The minimum Gasteiger partial charge on any atom is -0.481 e. The van der Waals surface area contributed by atoms with Gasteiger partial charge in [0.15, 0.2) is 0 Å². The molecule has 1 aromatic carbocycles. The van der Waals surface area contributed by atoms with E-state index in [1.54, 1.807) is 17.0 Å². The van der Waals surface area contributed by atoms with Crippen LogP contribution in [0.3, 0.4) is 0 Å². The van der Waals surface area contributed by atoms with Gasteiger partial charge in [-0.25, -0.2) is 0 Å². The first-order valence-corrected chi connectivity index (χ1v) is 6.70. The Labute approximate surface area is 118 Å². The molecule has 1 atom stereocenters. The second-order valence-electron chi connectivity index (χ2n) is 5.82. The van der Waals surface area contributed by atoms with Gasteiger partial charge in [-0.3, -0.25) is 9.59 Å². The van der Waals surface area contributed by atoms with E-state index >= 15 is 0 Å². The molecule has 5 heteroatoms. The van der Waals surface area contributed by atoms with Crippen molar-refractivity contribution >= 4 is 17.6 Å². The molecule has 2 rings (SSSR count). The minimum atomic E-state index is -0.828. The number of aliphatic carboxylic acids is 1. The SMILES string of the molecule is CC(C)(C(=O)N1CCC(C(=O)O)C1)c1ccc(N)cc1. The summed E-state index contributed by atoms with van der Waals surface area (Å²) >= 11 is 0. The Balaban J connectivity index is 2.15. The average Bonchev–Trinajstić information content (AvgIpc) is 2.88. The molecule has 1 saturated heterocycles. The van der Waals surface area contributed by atoms with Crippen molar-refractivity contribution in [3.8, 4) is 0 Å². The monoisotopic (exact) mass is 276 g/mol. The van der Waals surface area contributed by atoms with Crippen LogP contribution in [-0.4, -0.2) is 35.0 Å². The molecule has 20 heavy (non-hydrogen) atoms. The number of rotatable bonds is 3. The first-order chi connectivity index (χ1) is 9.32. The van der Waals surface area contributed by atoms with Crippen molar-refractivity contribution in [3.63, 3.8) is 0 Å². The lowest BCUT2D eigenvalue weighted by Gasteiger charge is -2.29. The number of amides is 1. The van der Waals surface area contributed by atoms with Gasteiger partial charge in [0.2, 0.25) is 5.91 Å². The van der Waals surface area contributed by atoms with Crippen molar-refractivity contribution in [3.05, 3.63) is 29.8 Å². The summed E-state index contributed by atoms with van der Waals surface area (Å²) < 4.78 is 0. The van der Waals surface area contributed by atoms with Gasteiger partial charge in [-0.1, -0.05) is 12.1 Å². The van der Waals surface area contributed by atoms with E-state index in [0.29, 0.717) is 25.2 Å². The molecule has 1 fully saturated rings. The third-order valence-corrected chi connectivity index (χ3v) is 3.99. The molecular formula is C15H20N2O3. The fraction of sp³-hybridized carbons (Fsp3) is 0.467. The molecule has 3 N–H and O–H groups in total. The van der Waals surface area contributed by atoms with Crippen molar-refractivity contribution in [1.82, 2.24) is 4.90 Å². The Morgan fingerprint density at radius 1 is 1.30 bits per heavy atom. The lowest BCUT2D eigenvalue weighted by molar-refractivity contribution is -0.141. The van der Waals surface area contributed by atoms with Crippen molar-refractivity contribution < 1.29 is 14.7 Å². The molecule has 1 aliphatic rings. The number of nitrogen functional groups attached to an aromatic ring is 1. The fourth-order valence-electron chi connectivity index (χ4n) is 2.56. The summed E-state index contributed by atoms with van der Waals surface area (Å²) in [6, 6.07) is 7.23. The molecule has 1 aliphatic heterocycles. The first kappa shape index (κ1) is 14.4. The Morgan fingerprint density at radius 2 is 1.90 bits per heavy atom. The highest BCUT2D eigenvalue weighted by Crippen LogP contribution is 2.29. The highest BCUT2D eigenvalue weighted by atomic mass is 16.4. The van der Waals surface area contributed by atoms with Crippen LogP contribution in [-0.2, 0) is 15.0 Å². The predicted molar refractivity (Wildman–Crippen MR) is 76.2 cm³/mol. The van der Waals surface area contributed by atoms with Crippen LogP contribution in [0.1, 0.15) is 25.8 Å². The molecule has 5 nitrogen and oxygen atoms in total. The molecule has 0 radical (unpaired) electrons. The summed E-state index contributed by atoms with van der Waals surface area (Å²) in [7, 11) is 0. The third kappa shape index (κ3) is 2.61. The molecule has 0 aromatic heterocycles. The number of nitrogens with two attached hydrogens (primary N) is 1. The van der Waals surface area contributed by atoms with Crippen LogP contribution in [0.2, 0.25) is 0 Å². The van der Waals surface area contributed by atoms with Gasteiger partial charge >= 0.3 is 5.97 Å². The van der Waals surface area contributed by atoms with E-state index in [1.165, 1.54) is 0 Å². The molecule has 0 bridgehead atoms. The number of benzene rings is 1. The average molecular weight is 276 g/mol. The van der Waals surface area contributed by atoms with E-state index in [-0.39, 0.29) is 5.91 Å². The van der Waals surface area contributed by atoms with Gasteiger partial charge in [-0.2, -0.15) is 0 Å². The molecule has 1 amide bonds. The highest BCUT2D eigenvalue weighted by Gasteiger charge is 2.38. The summed E-state index contributed by atoms with van der Waals surface area (Å²) in [5.41, 5.74) is 6.52. The van der Waals surface area contributed by atoms with E-state index in [9.17, 15) is 9.59 Å². The van der Waals surface area contributed by atoms with Crippen LogP contribution in [0.4, 0.5) is 5.69 Å². The van der Waals surface area contributed by atoms with Crippen LogP contribution in [0.25, 0.3) is 0 Å². The number of carboxylic acid groups (broad SMARTS) is 1. The van der Waals surface area contributed by atoms with Crippen molar-refractivity contribution in [1.29, 1.82) is 0 Å². The van der Waals surface area contributed by atoms with Gasteiger partial charge < -0.3 is 15.7 Å². The second-order valence-corrected chi connectivity index (χ2v) is 5.82. The smallest absolute Gasteiger partial charge is 0.308 e. The molecule has 0 spiro atoms. The van der Waals surface area contributed by atoms with Crippen molar-refractivity contribution in [2.75, 3.05) is 18.8 Å². The minimum absolute atomic E-state index is 0.0361. The summed E-state index contributed by atoms with van der Waals surface area (Å²) in [5, 5.41) is 9.01. The van der Waals surface area contributed by atoms with E-state index in [4.69, 9.17) is 10.8 Å². The Bertz CT molecular complexity index is 522. The van der Waals surface area contributed by atoms with Crippen LogP contribution < -0.4 is 5.73 Å². The zero-order valence-corrected chi connectivity index (χ0v) is 11.8. The summed E-state index contributed by atoms with van der Waals surface area (Å²) in [6.07, 6.45) is 0.527. The topological polar surface area (TPSA) is 83.6 Å². The maximum absolute atomic E-state index is 12.6. The van der Waals surface area contributed by atoms with Crippen LogP contribution in [0.5, 0.6) is 0 Å². The quantitative estimate of drug-likeness (QED) is 0.819. The summed E-state index contributed by atoms with van der Waals surface area (Å²) in [6.45, 7) is 4.52. The van der Waals surface area contributed by atoms with Gasteiger partial charge in [0.1, 0.15) is 0 Å². The Morgan fingerprint density at radius 3 is 2.40 bits per heavy atom. The number of carboxylic acids is 1. The van der Waals surface area contributed by atoms with Gasteiger partial charge in [-0.05, 0) is 38.0 Å². The Hall–Kier alpha value is -2.04. The van der Waals surface area contributed by atoms with Gasteiger partial charge in [0, 0.05) is 18.8 Å². The van der Waals surface area contributed by atoms with E-state index in [0.717, 1.165) is 5.56 Å². The molecule has 1 heterocycles. The standard InChI is InChI=1S/C15H20N2O3/c1-15(2,11-3-5-12(16)6-4-11)14(20)17-8-7-10(9-17)13(18)19/h3-6,10H,7-9,16H2,1-2H3,(H,18,19). The van der Waals surface area contributed by atoms with E-state index in [2.05, 4.69) is 0 Å². The van der Waals surface area contributed by atoms with Gasteiger partial charge in [0.25, 0.3) is 0 Å². The normalized spacial score (nSPS) is 19.1. The van der Waals surface area contributed by atoms with E-state index in [1.807, 2.05) is 26.0 Å². The van der Waals surface area contributed by atoms with Crippen LogP contribution in [0, 0.1) is 5.92 Å². The van der Waals surface area contributed by atoms with Crippen molar-refractivity contribution in [2.45, 2.75) is 25.7 Å². The molecule has 0 saturated carbocycles. The maximum atomic E-state index is 12.6. The molecule has 108 valence electrons. The number of hydrogen-bond donors (Lipinski definition) is 2. The number of carbonyl (C=O) groups is 2. The zero-order valence-electron chi connectivity index (χ0n) is 11.8. The summed E-state index contributed by atoms with van der Waals surface area (Å²) in [5.74, 6) is -1.31. The van der Waals surface area contributed by atoms with Gasteiger partial charge in [0.05, 0.1) is 11.3 Å². The molecular weight excluding hydrogens is 256 g/mol. The number of carbonyl (C=O) groups excluding carboxylic acids is 1. The van der Waals surface area contributed by atoms with Gasteiger partial charge in [-0.15, -0.1) is 0 Å². The number of nitrogens with zero attached hydrogens (tertiary/aromatic N) is 1. The van der Waals surface area contributed by atoms with Crippen LogP contribution in [0.15, 0.2) is 24.3 Å². The lowest BCUT2D eigenvalue weighted by Crippen LogP contribution is -2.42. The first-order valence-electron chi connectivity index (χ1n) is 6.70. The predicted octanol–water partition coefficient (Wildman–Crippen LogP) is 1.48. The zero-order chi connectivity index (χ0) is 14.9. The van der Waals surface area contributed by atoms with Crippen LogP contribution >= 0.6 is 0 Å². The molecule has 1 aromatic rings. The molecule has 0 aliphatic carbocycles. The summed E-state index contributed by atoms with van der Waals surface area (Å²) in [4.78, 5) is 25.2. The number of anilines is 1. The fourth-order valence-corrected chi connectivity index (χ4v) is 2.56. The maximum Gasteiger partial charge on any atom is 0.308 e. The second kappa shape index (κ2) is 5.15. The highest BCUT2D eigenvalue weighted by molar-refractivity contribution is 5.88.